The molecule has 0 amide bonds. The van der Waals surface area contributed by atoms with Crippen molar-refractivity contribution in [2.24, 2.45) is 0 Å². The van der Waals surface area contributed by atoms with Crippen LogP contribution < -0.4 is 0 Å². The van der Waals surface area contributed by atoms with Gasteiger partial charge in [-0.1, -0.05) is 30.3 Å². The van der Waals surface area contributed by atoms with E-state index >= 15 is 0 Å². The van der Waals surface area contributed by atoms with Gasteiger partial charge in [0, 0.05) is 11.6 Å². The van der Waals surface area contributed by atoms with Gasteiger partial charge in [0.2, 0.25) is 0 Å². The van der Waals surface area contributed by atoms with Crippen molar-refractivity contribution in [2.45, 2.75) is 25.7 Å². The van der Waals surface area contributed by atoms with Gasteiger partial charge in [0.25, 0.3) is 5.75 Å². The van der Waals surface area contributed by atoms with E-state index in [1.54, 1.807) is 0 Å². The van der Waals surface area contributed by atoms with Gasteiger partial charge < -0.3 is 5.11 Å². The number of nitrogens with zero attached hydrogens (tertiary/aromatic N) is 2. The number of aryl methyl sites for hydroxylation is 2. The molecule has 2 aromatic rings. The third-order valence-electron chi connectivity index (χ3n) is 3.60. The van der Waals surface area contributed by atoms with Crippen molar-refractivity contribution >= 4 is 11.4 Å². The highest BCUT2D eigenvalue weighted by atomic mass is 16.6. The minimum Gasteiger partial charge on any atom is -0.497 e. The Hall–Kier alpha value is -2.96. The van der Waals surface area contributed by atoms with Crippen molar-refractivity contribution < 1.29 is 15.0 Å². The lowest BCUT2D eigenvalue weighted by atomic mass is 10.0. The minimum absolute atomic E-state index is 0.311. The van der Waals surface area contributed by atoms with E-state index in [9.17, 15) is 25.3 Å². The smallest absolute Gasteiger partial charge is 0.321 e. The lowest BCUT2D eigenvalue weighted by Gasteiger charge is -2.05. The molecule has 1 N–H and O–H groups in total. The predicted octanol–water partition coefficient (Wildman–Crippen LogP) is 3.77. The van der Waals surface area contributed by atoms with E-state index in [4.69, 9.17) is 0 Å². The van der Waals surface area contributed by atoms with Crippen LogP contribution in [0.5, 0.6) is 5.75 Å². The van der Waals surface area contributed by atoms with Gasteiger partial charge in [0.1, 0.15) is 0 Å². The SMILES string of the molecule is O=[N+]([O-])c1ccc(CCCCc2ccccc2)c([N+](=O)[O-])c1O. The van der Waals surface area contributed by atoms with Crippen LogP contribution in [0.4, 0.5) is 11.4 Å². The molecule has 0 saturated heterocycles. The summed E-state index contributed by atoms with van der Waals surface area (Å²) >= 11 is 0. The first kappa shape index (κ1) is 16.4. The summed E-state index contributed by atoms with van der Waals surface area (Å²) < 4.78 is 0. The van der Waals surface area contributed by atoms with Crippen LogP contribution in [0.1, 0.15) is 24.0 Å². The maximum Gasteiger partial charge on any atom is 0.321 e. The Balaban J connectivity index is 2.06. The van der Waals surface area contributed by atoms with Crippen LogP contribution >= 0.6 is 0 Å². The van der Waals surface area contributed by atoms with E-state index in [1.807, 2.05) is 30.3 Å². The van der Waals surface area contributed by atoms with Crippen molar-refractivity contribution in [3.05, 3.63) is 73.8 Å². The number of aromatic hydroxyl groups is 1. The molecular formula is C16H16N2O5. The molecule has 7 nitrogen and oxygen atoms in total. The van der Waals surface area contributed by atoms with Crippen molar-refractivity contribution in [1.82, 2.24) is 0 Å². The topological polar surface area (TPSA) is 107 Å². The van der Waals surface area contributed by atoms with Crippen LogP contribution in [-0.2, 0) is 12.8 Å². The predicted molar refractivity (Wildman–Crippen MR) is 84.5 cm³/mol. The first-order chi connectivity index (χ1) is 11.0. The van der Waals surface area contributed by atoms with Crippen molar-refractivity contribution in [1.29, 1.82) is 0 Å². The number of rotatable bonds is 7. The molecule has 0 fully saturated rings. The molecular weight excluding hydrogens is 300 g/mol. The summed E-state index contributed by atoms with van der Waals surface area (Å²) in [5.74, 6) is -0.874. The number of benzene rings is 2. The maximum atomic E-state index is 11.1. The van der Waals surface area contributed by atoms with Gasteiger partial charge in [-0.2, -0.15) is 0 Å². The fraction of sp³-hybridized carbons (Fsp3) is 0.250. The highest BCUT2D eigenvalue weighted by Gasteiger charge is 2.28. The molecule has 0 spiro atoms. The number of hydrogen-bond acceptors (Lipinski definition) is 5. The van der Waals surface area contributed by atoms with E-state index < -0.39 is 27.0 Å². The van der Waals surface area contributed by atoms with Crippen molar-refractivity contribution in [2.75, 3.05) is 0 Å². The molecule has 2 aromatic carbocycles. The number of hydrogen-bond donors (Lipinski definition) is 1. The second-order valence-electron chi connectivity index (χ2n) is 5.15. The first-order valence-electron chi connectivity index (χ1n) is 7.18. The first-order valence-corrected chi connectivity index (χ1v) is 7.18. The second-order valence-corrected chi connectivity index (χ2v) is 5.15. The van der Waals surface area contributed by atoms with Crippen molar-refractivity contribution in [3.8, 4) is 5.75 Å². The molecule has 0 aliphatic carbocycles. The summed E-state index contributed by atoms with van der Waals surface area (Å²) in [4.78, 5) is 20.2. The van der Waals surface area contributed by atoms with Gasteiger partial charge in [0.05, 0.1) is 9.85 Å². The Labute approximate surface area is 132 Å². The Morgan fingerprint density at radius 1 is 0.870 bits per heavy atom. The molecule has 0 unspecified atom stereocenters. The molecule has 0 aliphatic rings. The summed E-state index contributed by atoms with van der Waals surface area (Å²) in [7, 11) is 0. The second kappa shape index (κ2) is 7.35. The fourth-order valence-corrected chi connectivity index (χ4v) is 2.45. The quantitative estimate of drug-likeness (QED) is 0.475. The summed E-state index contributed by atoms with van der Waals surface area (Å²) in [5, 5.41) is 31.6. The van der Waals surface area contributed by atoms with Crippen LogP contribution in [0.2, 0.25) is 0 Å². The normalized spacial score (nSPS) is 10.4. The van der Waals surface area contributed by atoms with Gasteiger partial charge in [0.15, 0.2) is 0 Å². The van der Waals surface area contributed by atoms with E-state index in [0.29, 0.717) is 18.4 Å². The van der Waals surface area contributed by atoms with Gasteiger partial charge >= 0.3 is 11.4 Å². The standard InChI is InChI=1S/C16H16N2O5/c19-16-14(17(20)21)11-10-13(15(16)18(22)23)9-5-4-8-12-6-2-1-3-7-12/h1-3,6-7,10-11,19H,4-5,8-9H2. The highest BCUT2D eigenvalue weighted by molar-refractivity contribution is 5.63. The van der Waals surface area contributed by atoms with E-state index in [0.717, 1.165) is 18.9 Å². The average Bonchev–Trinajstić information content (AvgIpc) is 2.52. The fourth-order valence-electron chi connectivity index (χ4n) is 2.45. The summed E-state index contributed by atoms with van der Waals surface area (Å²) in [6.07, 6.45) is 2.76. The highest BCUT2D eigenvalue weighted by Crippen LogP contribution is 2.38. The zero-order valence-corrected chi connectivity index (χ0v) is 12.3. The monoisotopic (exact) mass is 316 g/mol. The lowest BCUT2D eigenvalue weighted by molar-refractivity contribution is -0.396. The van der Waals surface area contributed by atoms with Gasteiger partial charge in [-0.05, 0) is 37.3 Å². The number of nitro groups is 2. The van der Waals surface area contributed by atoms with E-state index in [1.165, 1.54) is 11.6 Å². The largest absolute Gasteiger partial charge is 0.497 e. The molecule has 0 aliphatic heterocycles. The van der Waals surface area contributed by atoms with E-state index in [-0.39, 0.29) is 0 Å². The number of phenols is 1. The maximum absolute atomic E-state index is 11.1. The third kappa shape index (κ3) is 4.03. The van der Waals surface area contributed by atoms with E-state index in [2.05, 4.69) is 0 Å². The third-order valence-corrected chi connectivity index (χ3v) is 3.60. The zero-order valence-electron chi connectivity index (χ0n) is 12.3. The molecule has 0 radical (unpaired) electrons. The summed E-state index contributed by atoms with van der Waals surface area (Å²) in [6, 6.07) is 12.3. The molecule has 0 bridgehead atoms. The van der Waals surface area contributed by atoms with Crippen LogP contribution in [-0.4, -0.2) is 15.0 Å². The summed E-state index contributed by atoms with van der Waals surface area (Å²) in [5.41, 5.74) is 0.281. The molecule has 7 heteroatoms. The number of unbranched alkanes of at least 4 members (excludes halogenated alkanes) is 1. The molecule has 0 aromatic heterocycles. The Morgan fingerprint density at radius 3 is 2.13 bits per heavy atom. The Kier molecular flexibility index (Phi) is 5.24. The van der Waals surface area contributed by atoms with Gasteiger partial charge in [-0.3, -0.25) is 20.2 Å². The molecule has 120 valence electrons. The minimum atomic E-state index is -0.874. The molecule has 2 rings (SSSR count). The average molecular weight is 316 g/mol. The molecule has 23 heavy (non-hydrogen) atoms. The number of phenolic OH excluding ortho intramolecular Hbond substituents is 1. The molecule has 0 saturated carbocycles. The van der Waals surface area contributed by atoms with Crippen LogP contribution in [0, 0.1) is 20.2 Å². The van der Waals surface area contributed by atoms with Crippen LogP contribution in [0.25, 0.3) is 0 Å². The van der Waals surface area contributed by atoms with Crippen LogP contribution in [0.3, 0.4) is 0 Å². The molecule has 0 atom stereocenters. The lowest BCUT2D eigenvalue weighted by Crippen LogP contribution is -1.99. The Morgan fingerprint density at radius 2 is 1.52 bits per heavy atom. The van der Waals surface area contributed by atoms with Crippen LogP contribution in [0.15, 0.2) is 42.5 Å². The van der Waals surface area contributed by atoms with Gasteiger partial charge in [-0.25, -0.2) is 0 Å². The molecule has 0 heterocycles. The Bertz CT molecular complexity index is 716. The zero-order chi connectivity index (χ0) is 16.8. The van der Waals surface area contributed by atoms with Crippen molar-refractivity contribution in [3.63, 3.8) is 0 Å². The van der Waals surface area contributed by atoms with Gasteiger partial charge in [-0.15, -0.1) is 0 Å². The number of nitro benzene ring substituents is 2. The summed E-state index contributed by atoms with van der Waals surface area (Å²) in [6.45, 7) is 0.